The van der Waals surface area contributed by atoms with Crippen LogP contribution in [0.2, 0.25) is 0 Å². The fraction of sp³-hybridized carbons (Fsp3) is 0.300. The minimum Gasteiger partial charge on any atom is -0.267 e. The van der Waals surface area contributed by atoms with Crippen LogP contribution in [0.25, 0.3) is 10.8 Å². The van der Waals surface area contributed by atoms with Crippen molar-refractivity contribution in [1.29, 1.82) is 0 Å². The van der Waals surface area contributed by atoms with E-state index in [1.807, 2.05) is 13.8 Å². The standard InChI is InChI=1S/C10H11N3O/c1-7(2)13-10(14)9-3-4-11-5-8(9)6-12-13/h3-7H,1-2H3. The van der Waals surface area contributed by atoms with E-state index in [4.69, 9.17) is 0 Å². The molecule has 0 aliphatic heterocycles. The molecule has 0 N–H and O–H groups in total. The van der Waals surface area contributed by atoms with E-state index in [2.05, 4.69) is 10.1 Å². The molecule has 0 radical (unpaired) electrons. The van der Waals surface area contributed by atoms with Gasteiger partial charge in [0.2, 0.25) is 0 Å². The molecule has 4 nitrogen and oxygen atoms in total. The van der Waals surface area contributed by atoms with Gasteiger partial charge in [0.1, 0.15) is 0 Å². The van der Waals surface area contributed by atoms with Crippen LogP contribution in [0, 0.1) is 0 Å². The summed E-state index contributed by atoms with van der Waals surface area (Å²) in [7, 11) is 0. The van der Waals surface area contributed by atoms with Crippen molar-refractivity contribution in [3.05, 3.63) is 35.0 Å². The first-order chi connectivity index (χ1) is 6.70. The van der Waals surface area contributed by atoms with Crippen LogP contribution in [-0.2, 0) is 0 Å². The maximum Gasteiger partial charge on any atom is 0.274 e. The molecule has 2 heterocycles. The zero-order valence-electron chi connectivity index (χ0n) is 8.14. The second kappa shape index (κ2) is 3.21. The van der Waals surface area contributed by atoms with Crippen LogP contribution in [0.15, 0.2) is 29.5 Å². The molecule has 0 spiro atoms. The number of pyridine rings is 1. The Hall–Kier alpha value is -1.71. The van der Waals surface area contributed by atoms with Crippen molar-refractivity contribution in [2.24, 2.45) is 0 Å². The van der Waals surface area contributed by atoms with Gasteiger partial charge in [-0.2, -0.15) is 5.10 Å². The van der Waals surface area contributed by atoms with Gasteiger partial charge in [0.15, 0.2) is 0 Å². The Morgan fingerprint density at radius 2 is 2.14 bits per heavy atom. The number of hydrogen-bond donors (Lipinski definition) is 0. The number of rotatable bonds is 1. The van der Waals surface area contributed by atoms with E-state index in [1.165, 1.54) is 4.68 Å². The van der Waals surface area contributed by atoms with Crippen LogP contribution < -0.4 is 5.56 Å². The van der Waals surface area contributed by atoms with Gasteiger partial charge >= 0.3 is 0 Å². The van der Waals surface area contributed by atoms with Gasteiger partial charge in [-0.25, -0.2) is 4.68 Å². The highest BCUT2D eigenvalue weighted by molar-refractivity contribution is 5.79. The summed E-state index contributed by atoms with van der Waals surface area (Å²) in [5.74, 6) is 0. The second-order valence-corrected chi connectivity index (χ2v) is 3.45. The van der Waals surface area contributed by atoms with Gasteiger partial charge in [0.05, 0.1) is 17.6 Å². The molecule has 72 valence electrons. The zero-order valence-corrected chi connectivity index (χ0v) is 8.14. The third-order valence-corrected chi connectivity index (χ3v) is 2.10. The molecule has 0 amide bonds. The van der Waals surface area contributed by atoms with Gasteiger partial charge in [-0.05, 0) is 19.9 Å². The van der Waals surface area contributed by atoms with Gasteiger partial charge in [0.25, 0.3) is 5.56 Å². The van der Waals surface area contributed by atoms with Gasteiger partial charge < -0.3 is 0 Å². The first kappa shape index (κ1) is 8.87. The van der Waals surface area contributed by atoms with Crippen LogP contribution in [-0.4, -0.2) is 14.8 Å². The van der Waals surface area contributed by atoms with Crippen molar-refractivity contribution >= 4 is 10.8 Å². The lowest BCUT2D eigenvalue weighted by atomic mass is 10.2. The normalized spacial score (nSPS) is 11.1. The van der Waals surface area contributed by atoms with E-state index in [0.29, 0.717) is 5.39 Å². The molecule has 4 heteroatoms. The van der Waals surface area contributed by atoms with Crippen molar-refractivity contribution < 1.29 is 0 Å². The third-order valence-electron chi connectivity index (χ3n) is 2.10. The van der Waals surface area contributed by atoms with E-state index in [-0.39, 0.29) is 11.6 Å². The van der Waals surface area contributed by atoms with Gasteiger partial charge in [0, 0.05) is 17.8 Å². The Bertz CT molecular complexity index is 516. The summed E-state index contributed by atoms with van der Waals surface area (Å²) in [6.45, 7) is 3.86. The second-order valence-electron chi connectivity index (χ2n) is 3.45. The lowest BCUT2D eigenvalue weighted by molar-refractivity contribution is 0.507. The Kier molecular flexibility index (Phi) is 2.04. The molecule has 2 aromatic rings. The number of nitrogens with zero attached hydrogens (tertiary/aromatic N) is 3. The quantitative estimate of drug-likeness (QED) is 0.680. The van der Waals surface area contributed by atoms with Crippen molar-refractivity contribution in [1.82, 2.24) is 14.8 Å². The molecule has 0 aliphatic carbocycles. The van der Waals surface area contributed by atoms with E-state index in [1.54, 1.807) is 24.7 Å². The van der Waals surface area contributed by atoms with Gasteiger partial charge in [-0.15, -0.1) is 0 Å². The molecule has 0 fully saturated rings. The highest BCUT2D eigenvalue weighted by Crippen LogP contribution is 2.06. The predicted octanol–water partition coefficient (Wildman–Crippen LogP) is 1.37. The number of hydrogen-bond acceptors (Lipinski definition) is 3. The number of aromatic nitrogens is 3. The van der Waals surface area contributed by atoms with Crippen LogP contribution in [0.5, 0.6) is 0 Å². The Labute approximate surface area is 81.2 Å². The molecule has 0 aliphatic rings. The topological polar surface area (TPSA) is 47.8 Å². The van der Waals surface area contributed by atoms with E-state index < -0.39 is 0 Å². The highest BCUT2D eigenvalue weighted by atomic mass is 16.1. The summed E-state index contributed by atoms with van der Waals surface area (Å²) < 4.78 is 1.47. The first-order valence-electron chi connectivity index (χ1n) is 4.51. The summed E-state index contributed by atoms with van der Waals surface area (Å²) >= 11 is 0. The Balaban J connectivity index is 2.82. The molecule has 0 saturated carbocycles. The highest BCUT2D eigenvalue weighted by Gasteiger charge is 2.05. The fourth-order valence-electron chi connectivity index (χ4n) is 1.37. The van der Waals surface area contributed by atoms with E-state index in [0.717, 1.165) is 5.39 Å². The lowest BCUT2D eigenvalue weighted by Crippen LogP contribution is -2.24. The Morgan fingerprint density at radius 1 is 1.36 bits per heavy atom. The van der Waals surface area contributed by atoms with Gasteiger partial charge in [-0.1, -0.05) is 0 Å². The SMILES string of the molecule is CC(C)n1ncc2cnccc2c1=O. The summed E-state index contributed by atoms with van der Waals surface area (Å²) in [4.78, 5) is 15.8. The lowest BCUT2D eigenvalue weighted by Gasteiger charge is -2.08. The van der Waals surface area contributed by atoms with Crippen LogP contribution >= 0.6 is 0 Å². The molecule has 0 atom stereocenters. The first-order valence-corrected chi connectivity index (χ1v) is 4.51. The number of fused-ring (bicyclic) bond motifs is 1. The molecule has 0 unspecified atom stereocenters. The maximum absolute atomic E-state index is 11.8. The smallest absolute Gasteiger partial charge is 0.267 e. The van der Waals surface area contributed by atoms with Crippen molar-refractivity contribution in [2.45, 2.75) is 19.9 Å². The van der Waals surface area contributed by atoms with E-state index >= 15 is 0 Å². The Morgan fingerprint density at radius 3 is 2.86 bits per heavy atom. The molecular formula is C10H11N3O. The largest absolute Gasteiger partial charge is 0.274 e. The van der Waals surface area contributed by atoms with Crippen LogP contribution in [0.3, 0.4) is 0 Å². The average Bonchev–Trinajstić information content (AvgIpc) is 2.18. The van der Waals surface area contributed by atoms with Crippen molar-refractivity contribution in [2.75, 3.05) is 0 Å². The summed E-state index contributed by atoms with van der Waals surface area (Å²) in [5.41, 5.74) is -0.0556. The molecule has 0 saturated heterocycles. The van der Waals surface area contributed by atoms with Crippen molar-refractivity contribution in [3.8, 4) is 0 Å². The molecular weight excluding hydrogens is 178 g/mol. The fourth-order valence-corrected chi connectivity index (χ4v) is 1.37. The monoisotopic (exact) mass is 189 g/mol. The molecule has 0 aromatic carbocycles. The average molecular weight is 189 g/mol. The summed E-state index contributed by atoms with van der Waals surface area (Å²) in [5, 5.41) is 5.53. The molecule has 2 rings (SSSR count). The minimum absolute atomic E-state index is 0.0556. The third kappa shape index (κ3) is 1.28. The molecule has 0 bridgehead atoms. The van der Waals surface area contributed by atoms with Crippen LogP contribution in [0.4, 0.5) is 0 Å². The molecule has 2 aromatic heterocycles. The minimum atomic E-state index is -0.0556. The zero-order chi connectivity index (χ0) is 10.1. The van der Waals surface area contributed by atoms with Crippen LogP contribution in [0.1, 0.15) is 19.9 Å². The molecule has 14 heavy (non-hydrogen) atoms. The predicted molar refractivity (Wildman–Crippen MR) is 54.2 cm³/mol. The maximum atomic E-state index is 11.8. The summed E-state index contributed by atoms with van der Waals surface area (Å²) in [6.07, 6.45) is 4.94. The van der Waals surface area contributed by atoms with E-state index in [9.17, 15) is 4.79 Å². The van der Waals surface area contributed by atoms with Crippen molar-refractivity contribution in [3.63, 3.8) is 0 Å². The van der Waals surface area contributed by atoms with Gasteiger partial charge in [-0.3, -0.25) is 9.78 Å². The summed E-state index contributed by atoms with van der Waals surface area (Å²) in [6, 6.07) is 1.80.